The molecule has 1 aliphatic heterocycles. The van der Waals surface area contributed by atoms with Crippen LogP contribution in [0.3, 0.4) is 0 Å². The van der Waals surface area contributed by atoms with E-state index in [0.717, 1.165) is 38.1 Å². The number of rotatable bonds is 7. The van der Waals surface area contributed by atoms with Gasteiger partial charge < -0.3 is 15.0 Å². The summed E-state index contributed by atoms with van der Waals surface area (Å²) in [7, 11) is 1.77. The number of amides is 1. The van der Waals surface area contributed by atoms with Crippen LogP contribution >= 0.6 is 24.0 Å². The largest absolute Gasteiger partial charge is 0.494 e. The van der Waals surface area contributed by atoms with E-state index in [9.17, 15) is 4.79 Å². The van der Waals surface area contributed by atoms with E-state index in [1.165, 1.54) is 0 Å². The monoisotopic (exact) mass is 413 g/mol. The van der Waals surface area contributed by atoms with Gasteiger partial charge in [-0.15, -0.1) is 17.5 Å². The fourth-order valence-corrected chi connectivity index (χ4v) is 3.07. The number of aromatic nitrogens is 3. The maximum absolute atomic E-state index is 12.5. The van der Waals surface area contributed by atoms with Gasteiger partial charge in [-0.2, -0.15) is 0 Å². The molecule has 0 atom stereocenters. The highest BCUT2D eigenvalue weighted by molar-refractivity contribution is 6.30. The predicted octanol–water partition coefficient (Wildman–Crippen LogP) is 2.82. The smallest absolute Gasteiger partial charge is 0.275 e. The molecule has 2 aromatic rings. The Labute approximate surface area is 170 Å². The number of nitrogens with zero attached hydrogens (tertiary/aromatic N) is 4. The van der Waals surface area contributed by atoms with Crippen molar-refractivity contribution in [3.63, 3.8) is 0 Å². The van der Waals surface area contributed by atoms with Crippen LogP contribution in [0.4, 0.5) is 0 Å². The first-order chi connectivity index (χ1) is 12.6. The van der Waals surface area contributed by atoms with Crippen molar-refractivity contribution in [2.24, 2.45) is 0 Å². The topological polar surface area (TPSA) is 72.3 Å². The molecule has 1 saturated heterocycles. The number of halogens is 2. The Balaban J connectivity index is 0.00000261. The minimum Gasteiger partial charge on any atom is -0.494 e. The van der Waals surface area contributed by atoms with Crippen LogP contribution in [0, 0.1) is 0 Å². The number of benzene rings is 1. The summed E-state index contributed by atoms with van der Waals surface area (Å²) < 4.78 is 7.47. The molecule has 0 bridgehead atoms. The molecule has 1 aliphatic rings. The van der Waals surface area contributed by atoms with Crippen molar-refractivity contribution in [2.75, 3.05) is 33.3 Å². The second-order valence-electron chi connectivity index (χ2n) is 6.45. The number of hydrogen-bond donors (Lipinski definition) is 1. The number of carbonyl (C=O) groups excluding carboxylic acids is 1. The van der Waals surface area contributed by atoms with Gasteiger partial charge in [0.1, 0.15) is 5.75 Å². The maximum Gasteiger partial charge on any atom is 0.275 e. The molecule has 148 valence electrons. The van der Waals surface area contributed by atoms with Crippen molar-refractivity contribution in [2.45, 2.75) is 25.3 Å². The molecule has 0 spiro atoms. The van der Waals surface area contributed by atoms with Crippen molar-refractivity contribution >= 4 is 29.9 Å². The van der Waals surface area contributed by atoms with Gasteiger partial charge in [0.15, 0.2) is 5.69 Å². The van der Waals surface area contributed by atoms with Crippen LogP contribution in [-0.2, 0) is 0 Å². The fraction of sp³-hybridized carbons (Fsp3) is 0.500. The minimum absolute atomic E-state index is 0. The van der Waals surface area contributed by atoms with Gasteiger partial charge in [0, 0.05) is 18.6 Å². The first kappa shape index (κ1) is 21.5. The van der Waals surface area contributed by atoms with E-state index in [2.05, 4.69) is 15.6 Å². The van der Waals surface area contributed by atoms with Crippen molar-refractivity contribution in [1.29, 1.82) is 0 Å². The van der Waals surface area contributed by atoms with Crippen LogP contribution < -0.4 is 10.1 Å². The molecule has 1 N–H and O–H groups in total. The summed E-state index contributed by atoms with van der Waals surface area (Å²) in [4.78, 5) is 14.1. The van der Waals surface area contributed by atoms with E-state index in [1.807, 2.05) is 16.8 Å². The van der Waals surface area contributed by atoms with E-state index in [1.54, 1.807) is 30.3 Å². The molecule has 1 fully saturated rings. The normalized spacial score (nSPS) is 14.4. The van der Waals surface area contributed by atoms with Gasteiger partial charge in [0.25, 0.3) is 5.91 Å². The second kappa shape index (κ2) is 10.5. The van der Waals surface area contributed by atoms with Gasteiger partial charge in [0.2, 0.25) is 0 Å². The molecule has 7 nitrogen and oxygen atoms in total. The molecule has 27 heavy (non-hydrogen) atoms. The Kier molecular flexibility index (Phi) is 8.34. The molecule has 9 heteroatoms. The molecule has 0 aliphatic carbocycles. The Morgan fingerprint density at radius 3 is 2.74 bits per heavy atom. The molecule has 0 radical (unpaired) electrons. The molecule has 1 aromatic heterocycles. The van der Waals surface area contributed by atoms with E-state index >= 15 is 0 Å². The van der Waals surface area contributed by atoms with Crippen LogP contribution in [0.15, 0.2) is 30.5 Å². The first-order valence-electron chi connectivity index (χ1n) is 8.90. The second-order valence-corrected chi connectivity index (χ2v) is 6.88. The van der Waals surface area contributed by atoms with Crippen LogP contribution in [0.5, 0.6) is 5.75 Å². The Bertz CT molecular complexity index is 717. The lowest BCUT2D eigenvalue weighted by Crippen LogP contribution is -2.30. The molecule has 1 aromatic carbocycles. The van der Waals surface area contributed by atoms with Gasteiger partial charge in [-0.3, -0.25) is 4.79 Å². The number of ether oxygens (including phenoxy) is 1. The van der Waals surface area contributed by atoms with Crippen molar-refractivity contribution in [3.05, 3.63) is 41.2 Å². The highest BCUT2D eigenvalue weighted by Gasteiger charge is 2.20. The number of nitrogens with one attached hydrogen (secondary N) is 1. The van der Waals surface area contributed by atoms with Crippen molar-refractivity contribution in [3.8, 4) is 5.75 Å². The van der Waals surface area contributed by atoms with Crippen molar-refractivity contribution < 1.29 is 9.53 Å². The lowest BCUT2D eigenvalue weighted by atomic mass is 10.1. The zero-order chi connectivity index (χ0) is 18.4. The highest BCUT2D eigenvalue weighted by atomic mass is 35.5. The molecule has 0 unspecified atom stereocenters. The Morgan fingerprint density at radius 1 is 1.33 bits per heavy atom. The van der Waals surface area contributed by atoms with Gasteiger partial charge in [0.05, 0.1) is 18.8 Å². The average Bonchev–Trinajstić information content (AvgIpc) is 3.17. The standard InChI is InChI=1S/C18H24ClN5O2.ClH/c1-23(11-2-12-26-16-5-3-14(19)4-6-16)18(25)17-13-24(22-21-17)15-7-9-20-10-8-15;/h3-6,13,15,20H,2,7-12H2,1H3;1H. The van der Waals surface area contributed by atoms with Gasteiger partial charge >= 0.3 is 0 Å². The SMILES string of the molecule is CN(CCCOc1ccc(Cl)cc1)C(=O)c1cn(C2CCNCC2)nn1.Cl. The van der Waals surface area contributed by atoms with Crippen molar-refractivity contribution in [1.82, 2.24) is 25.2 Å². The Hall–Kier alpha value is -1.83. The third kappa shape index (κ3) is 6.09. The number of hydrogen-bond acceptors (Lipinski definition) is 5. The molecule has 1 amide bonds. The van der Waals surface area contributed by atoms with Crippen LogP contribution in [0.1, 0.15) is 35.8 Å². The average molecular weight is 414 g/mol. The summed E-state index contributed by atoms with van der Waals surface area (Å²) in [6, 6.07) is 7.56. The van der Waals surface area contributed by atoms with Gasteiger partial charge in [-0.05, 0) is 56.6 Å². The molecule has 3 rings (SSSR count). The summed E-state index contributed by atoms with van der Waals surface area (Å²) in [5.74, 6) is 0.657. The van der Waals surface area contributed by atoms with Crippen LogP contribution in [-0.4, -0.2) is 59.1 Å². The summed E-state index contributed by atoms with van der Waals surface area (Å²) in [5.41, 5.74) is 0.393. The summed E-state index contributed by atoms with van der Waals surface area (Å²) >= 11 is 5.84. The third-order valence-corrected chi connectivity index (χ3v) is 4.73. The molecular weight excluding hydrogens is 389 g/mol. The first-order valence-corrected chi connectivity index (χ1v) is 9.27. The molecule has 0 saturated carbocycles. The van der Waals surface area contributed by atoms with Gasteiger partial charge in [-0.1, -0.05) is 16.8 Å². The summed E-state index contributed by atoms with van der Waals surface area (Å²) in [5, 5.41) is 12.2. The van der Waals surface area contributed by atoms with E-state index < -0.39 is 0 Å². The minimum atomic E-state index is -0.114. The fourth-order valence-electron chi connectivity index (χ4n) is 2.94. The lowest BCUT2D eigenvalue weighted by molar-refractivity contribution is 0.0782. The van der Waals surface area contributed by atoms with Crippen LogP contribution in [0.2, 0.25) is 5.02 Å². The summed E-state index contributed by atoms with van der Waals surface area (Å²) in [6.45, 7) is 3.07. The highest BCUT2D eigenvalue weighted by Crippen LogP contribution is 2.18. The Morgan fingerprint density at radius 2 is 2.04 bits per heavy atom. The predicted molar refractivity (Wildman–Crippen MR) is 107 cm³/mol. The summed E-state index contributed by atoms with van der Waals surface area (Å²) in [6.07, 6.45) is 4.51. The zero-order valence-corrected chi connectivity index (χ0v) is 16.9. The number of carbonyl (C=O) groups is 1. The third-order valence-electron chi connectivity index (χ3n) is 4.48. The molecular formula is C18H25Cl2N5O2. The quantitative estimate of drug-likeness (QED) is 0.706. The van der Waals surface area contributed by atoms with Crippen LogP contribution in [0.25, 0.3) is 0 Å². The van der Waals surface area contributed by atoms with Gasteiger partial charge in [-0.25, -0.2) is 4.68 Å². The van der Waals surface area contributed by atoms with E-state index in [4.69, 9.17) is 16.3 Å². The van der Waals surface area contributed by atoms with E-state index in [0.29, 0.717) is 29.9 Å². The zero-order valence-electron chi connectivity index (χ0n) is 15.3. The number of piperidine rings is 1. The maximum atomic E-state index is 12.5. The molecule has 2 heterocycles. The lowest BCUT2D eigenvalue weighted by Gasteiger charge is -2.22. The van der Waals surface area contributed by atoms with E-state index in [-0.39, 0.29) is 18.3 Å².